The van der Waals surface area contributed by atoms with Crippen molar-refractivity contribution in [2.45, 2.75) is 26.3 Å². The van der Waals surface area contributed by atoms with Gasteiger partial charge in [0, 0.05) is 12.2 Å². The second kappa shape index (κ2) is 5.53. The number of anilines is 1. The van der Waals surface area contributed by atoms with Crippen molar-refractivity contribution in [3.63, 3.8) is 0 Å². The highest BCUT2D eigenvalue weighted by molar-refractivity contribution is 5.46. The minimum absolute atomic E-state index is 0.577. The van der Waals surface area contributed by atoms with Gasteiger partial charge in [-0.3, -0.25) is 0 Å². The Hall–Kier alpha value is -1.76. The Labute approximate surface area is 103 Å². The van der Waals surface area contributed by atoms with Gasteiger partial charge in [-0.05, 0) is 29.2 Å². The molecule has 0 aliphatic rings. The van der Waals surface area contributed by atoms with Crippen molar-refractivity contribution in [2.75, 3.05) is 5.32 Å². The molecule has 1 N–H and O–H groups in total. The summed E-state index contributed by atoms with van der Waals surface area (Å²) in [6.45, 7) is 5.31. The average Bonchev–Trinajstić information content (AvgIpc) is 2.38. The van der Waals surface area contributed by atoms with E-state index >= 15 is 0 Å². The molecule has 1 nitrogen and oxygen atoms in total. The molecule has 0 saturated heterocycles. The molecule has 0 fully saturated rings. The predicted octanol–water partition coefficient (Wildman–Crippen LogP) is 4.42. The Kier molecular flexibility index (Phi) is 3.81. The Balaban J connectivity index is 2.02. The van der Waals surface area contributed by atoms with Crippen molar-refractivity contribution in [3.05, 3.63) is 65.7 Å². The van der Waals surface area contributed by atoms with Crippen LogP contribution in [0.15, 0.2) is 54.6 Å². The van der Waals surface area contributed by atoms with Gasteiger partial charge >= 0.3 is 0 Å². The average molecular weight is 225 g/mol. The summed E-state index contributed by atoms with van der Waals surface area (Å²) in [5.41, 5.74) is 3.88. The van der Waals surface area contributed by atoms with Gasteiger partial charge in [0.15, 0.2) is 0 Å². The Morgan fingerprint density at radius 1 is 0.941 bits per heavy atom. The van der Waals surface area contributed by atoms with E-state index in [1.54, 1.807) is 0 Å². The maximum atomic E-state index is 3.46. The van der Waals surface area contributed by atoms with Crippen LogP contribution in [0.2, 0.25) is 0 Å². The molecule has 0 aliphatic heterocycles. The van der Waals surface area contributed by atoms with Crippen LogP contribution < -0.4 is 5.32 Å². The Morgan fingerprint density at radius 2 is 1.71 bits per heavy atom. The van der Waals surface area contributed by atoms with E-state index in [0.29, 0.717) is 5.92 Å². The Bertz CT molecular complexity index is 460. The minimum Gasteiger partial charge on any atom is -0.381 e. The molecule has 0 radical (unpaired) electrons. The molecule has 2 aromatic rings. The fourth-order valence-corrected chi connectivity index (χ4v) is 1.81. The van der Waals surface area contributed by atoms with Crippen molar-refractivity contribution in [2.24, 2.45) is 0 Å². The molecule has 2 aromatic carbocycles. The summed E-state index contributed by atoms with van der Waals surface area (Å²) in [5, 5.41) is 3.46. The molecule has 0 bridgehead atoms. The van der Waals surface area contributed by atoms with Gasteiger partial charge < -0.3 is 5.32 Å². The van der Waals surface area contributed by atoms with Crippen LogP contribution in [-0.2, 0) is 6.54 Å². The summed E-state index contributed by atoms with van der Waals surface area (Å²) in [7, 11) is 0. The lowest BCUT2D eigenvalue weighted by Gasteiger charge is -2.10. The first-order valence-corrected chi connectivity index (χ1v) is 6.13. The van der Waals surface area contributed by atoms with Crippen molar-refractivity contribution < 1.29 is 0 Å². The summed E-state index contributed by atoms with van der Waals surface area (Å²) >= 11 is 0. The normalized spacial score (nSPS) is 10.5. The lowest BCUT2D eigenvalue weighted by molar-refractivity contribution is 0.866. The van der Waals surface area contributed by atoms with E-state index in [1.165, 1.54) is 16.8 Å². The monoisotopic (exact) mass is 225 g/mol. The summed E-state index contributed by atoms with van der Waals surface area (Å²) in [4.78, 5) is 0. The van der Waals surface area contributed by atoms with Gasteiger partial charge in [0.25, 0.3) is 0 Å². The minimum atomic E-state index is 0.577. The summed E-state index contributed by atoms with van der Waals surface area (Å²) in [6, 6.07) is 19.1. The van der Waals surface area contributed by atoms with Crippen LogP contribution >= 0.6 is 0 Å². The summed E-state index contributed by atoms with van der Waals surface area (Å²) in [6.07, 6.45) is 0. The third-order valence-corrected chi connectivity index (χ3v) is 2.89. The second-order valence-electron chi connectivity index (χ2n) is 4.62. The molecular weight excluding hydrogens is 206 g/mol. The molecule has 0 amide bonds. The Morgan fingerprint density at radius 3 is 2.41 bits per heavy atom. The molecule has 88 valence electrons. The zero-order valence-corrected chi connectivity index (χ0v) is 10.5. The van der Waals surface area contributed by atoms with Crippen LogP contribution in [0, 0.1) is 0 Å². The van der Waals surface area contributed by atoms with Gasteiger partial charge in [-0.2, -0.15) is 0 Å². The van der Waals surface area contributed by atoms with Gasteiger partial charge in [-0.25, -0.2) is 0 Å². The zero-order valence-electron chi connectivity index (χ0n) is 10.5. The topological polar surface area (TPSA) is 12.0 Å². The molecule has 0 saturated carbocycles. The lowest BCUT2D eigenvalue weighted by Crippen LogP contribution is -1.99. The molecular formula is C16H19N. The van der Waals surface area contributed by atoms with Gasteiger partial charge in [-0.15, -0.1) is 0 Å². The third-order valence-electron chi connectivity index (χ3n) is 2.89. The highest BCUT2D eigenvalue weighted by Crippen LogP contribution is 2.18. The first-order chi connectivity index (χ1) is 8.25. The smallest absolute Gasteiger partial charge is 0.0400 e. The maximum absolute atomic E-state index is 3.46. The van der Waals surface area contributed by atoms with Crippen molar-refractivity contribution in [1.82, 2.24) is 0 Å². The lowest BCUT2D eigenvalue weighted by atomic mass is 10.0. The predicted molar refractivity (Wildman–Crippen MR) is 74.3 cm³/mol. The largest absolute Gasteiger partial charge is 0.381 e. The maximum Gasteiger partial charge on any atom is 0.0400 e. The SMILES string of the molecule is CC(C)c1cccc(NCc2ccccc2)c1. The van der Waals surface area contributed by atoms with E-state index in [1.807, 2.05) is 6.07 Å². The number of hydrogen-bond acceptors (Lipinski definition) is 1. The number of hydrogen-bond donors (Lipinski definition) is 1. The van der Waals surface area contributed by atoms with Crippen LogP contribution in [-0.4, -0.2) is 0 Å². The van der Waals surface area contributed by atoms with Gasteiger partial charge in [0.1, 0.15) is 0 Å². The molecule has 2 rings (SSSR count). The van der Waals surface area contributed by atoms with Crippen molar-refractivity contribution in [1.29, 1.82) is 0 Å². The number of benzene rings is 2. The van der Waals surface area contributed by atoms with E-state index in [2.05, 4.69) is 67.7 Å². The van der Waals surface area contributed by atoms with Crippen LogP contribution in [0.3, 0.4) is 0 Å². The van der Waals surface area contributed by atoms with Crippen molar-refractivity contribution in [3.8, 4) is 0 Å². The number of rotatable bonds is 4. The molecule has 1 heteroatoms. The zero-order chi connectivity index (χ0) is 12.1. The highest BCUT2D eigenvalue weighted by atomic mass is 14.9. The van der Waals surface area contributed by atoms with Gasteiger partial charge in [0.05, 0.1) is 0 Å². The van der Waals surface area contributed by atoms with Crippen LogP contribution in [0.25, 0.3) is 0 Å². The molecule has 17 heavy (non-hydrogen) atoms. The summed E-state index contributed by atoms with van der Waals surface area (Å²) < 4.78 is 0. The number of nitrogens with one attached hydrogen (secondary N) is 1. The molecule has 0 aliphatic carbocycles. The van der Waals surface area contributed by atoms with E-state index < -0.39 is 0 Å². The van der Waals surface area contributed by atoms with E-state index in [9.17, 15) is 0 Å². The van der Waals surface area contributed by atoms with Gasteiger partial charge in [0.2, 0.25) is 0 Å². The molecule has 0 spiro atoms. The highest BCUT2D eigenvalue weighted by Gasteiger charge is 1.99. The summed E-state index contributed by atoms with van der Waals surface area (Å²) in [5.74, 6) is 0.577. The van der Waals surface area contributed by atoms with Crippen LogP contribution in [0.5, 0.6) is 0 Å². The quantitative estimate of drug-likeness (QED) is 0.812. The standard InChI is InChI=1S/C16H19N/c1-13(2)15-9-6-10-16(11-15)17-12-14-7-4-3-5-8-14/h3-11,13,17H,12H2,1-2H3. The van der Waals surface area contributed by atoms with Gasteiger partial charge in [-0.1, -0.05) is 56.3 Å². The van der Waals surface area contributed by atoms with E-state index in [4.69, 9.17) is 0 Å². The molecule has 0 aromatic heterocycles. The molecule has 0 unspecified atom stereocenters. The van der Waals surface area contributed by atoms with Crippen molar-refractivity contribution >= 4 is 5.69 Å². The van der Waals surface area contributed by atoms with E-state index in [0.717, 1.165) is 6.54 Å². The first kappa shape index (κ1) is 11.7. The fourth-order valence-electron chi connectivity index (χ4n) is 1.81. The molecule has 0 atom stereocenters. The first-order valence-electron chi connectivity index (χ1n) is 6.13. The van der Waals surface area contributed by atoms with Crippen LogP contribution in [0.4, 0.5) is 5.69 Å². The third kappa shape index (κ3) is 3.35. The van der Waals surface area contributed by atoms with E-state index in [-0.39, 0.29) is 0 Å². The van der Waals surface area contributed by atoms with Crippen LogP contribution in [0.1, 0.15) is 30.9 Å². The molecule has 0 heterocycles. The fraction of sp³-hybridized carbons (Fsp3) is 0.250. The second-order valence-corrected chi connectivity index (χ2v) is 4.62.